The van der Waals surface area contributed by atoms with Crippen molar-refractivity contribution in [2.45, 2.75) is 12.3 Å². The summed E-state index contributed by atoms with van der Waals surface area (Å²) in [6.07, 6.45) is 1.75. The SMILES string of the molecule is C=CC(=O)OCCC(CO)c1ccccc1. The molecule has 0 aliphatic heterocycles. The minimum Gasteiger partial charge on any atom is -0.463 e. The number of aliphatic hydroxyl groups is 1. The first-order valence-corrected chi connectivity index (χ1v) is 5.23. The summed E-state index contributed by atoms with van der Waals surface area (Å²) in [5.74, 6) is -0.413. The number of aliphatic hydroxyl groups excluding tert-OH is 1. The summed E-state index contributed by atoms with van der Waals surface area (Å²) in [4.78, 5) is 10.8. The molecule has 1 atom stereocenters. The molecule has 0 fully saturated rings. The van der Waals surface area contributed by atoms with E-state index in [4.69, 9.17) is 4.74 Å². The summed E-state index contributed by atoms with van der Waals surface area (Å²) >= 11 is 0. The van der Waals surface area contributed by atoms with Crippen molar-refractivity contribution < 1.29 is 14.6 Å². The first-order valence-electron chi connectivity index (χ1n) is 5.23. The Morgan fingerprint density at radius 2 is 2.12 bits per heavy atom. The summed E-state index contributed by atoms with van der Waals surface area (Å²) in [5, 5.41) is 9.24. The van der Waals surface area contributed by atoms with Crippen LogP contribution in [0.2, 0.25) is 0 Å². The van der Waals surface area contributed by atoms with Gasteiger partial charge in [-0.1, -0.05) is 36.9 Å². The molecule has 0 saturated carbocycles. The molecular weight excluding hydrogens is 204 g/mol. The third-order valence-electron chi connectivity index (χ3n) is 2.37. The molecule has 1 N–H and O–H groups in total. The van der Waals surface area contributed by atoms with E-state index < -0.39 is 5.97 Å². The van der Waals surface area contributed by atoms with E-state index in [0.717, 1.165) is 11.6 Å². The van der Waals surface area contributed by atoms with E-state index in [-0.39, 0.29) is 12.5 Å². The van der Waals surface area contributed by atoms with Crippen LogP contribution in [0, 0.1) is 0 Å². The van der Waals surface area contributed by atoms with Gasteiger partial charge in [-0.25, -0.2) is 4.79 Å². The van der Waals surface area contributed by atoms with Gasteiger partial charge in [0.1, 0.15) is 0 Å². The van der Waals surface area contributed by atoms with Crippen molar-refractivity contribution in [3.8, 4) is 0 Å². The van der Waals surface area contributed by atoms with E-state index >= 15 is 0 Å². The minimum atomic E-state index is -0.426. The van der Waals surface area contributed by atoms with E-state index in [1.165, 1.54) is 0 Å². The fourth-order valence-electron chi connectivity index (χ4n) is 1.45. The Morgan fingerprint density at radius 3 is 2.69 bits per heavy atom. The quantitative estimate of drug-likeness (QED) is 0.588. The van der Waals surface area contributed by atoms with Crippen LogP contribution in [0.1, 0.15) is 17.9 Å². The molecule has 0 heterocycles. The normalized spacial score (nSPS) is 11.8. The Balaban J connectivity index is 2.44. The van der Waals surface area contributed by atoms with E-state index in [9.17, 15) is 9.90 Å². The Bertz CT molecular complexity index is 332. The maximum absolute atomic E-state index is 10.8. The first kappa shape index (κ1) is 12.5. The molecule has 86 valence electrons. The molecule has 0 aliphatic rings. The molecule has 0 amide bonds. The molecule has 1 rings (SSSR count). The zero-order chi connectivity index (χ0) is 11.8. The van der Waals surface area contributed by atoms with Gasteiger partial charge in [0.2, 0.25) is 0 Å². The van der Waals surface area contributed by atoms with Crippen LogP contribution >= 0.6 is 0 Å². The standard InChI is InChI=1S/C13H16O3/c1-2-13(15)16-9-8-12(10-14)11-6-4-3-5-7-11/h2-7,12,14H,1,8-10H2. The second kappa shape index (κ2) is 6.80. The fourth-order valence-corrected chi connectivity index (χ4v) is 1.45. The van der Waals surface area contributed by atoms with Gasteiger partial charge in [0.25, 0.3) is 0 Å². The molecule has 1 aromatic carbocycles. The molecule has 0 radical (unpaired) electrons. The zero-order valence-electron chi connectivity index (χ0n) is 9.13. The molecule has 1 aromatic rings. The minimum absolute atomic E-state index is 0.0128. The number of carbonyl (C=O) groups is 1. The third kappa shape index (κ3) is 3.87. The number of esters is 1. The Kier molecular flexibility index (Phi) is 5.29. The molecule has 1 unspecified atom stereocenters. The van der Waals surface area contributed by atoms with Gasteiger partial charge in [0.15, 0.2) is 0 Å². The molecule has 3 nitrogen and oxygen atoms in total. The highest BCUT2D eigenvalue weighted by atomic mass is 16.5. The van der Waals surface area contributed by atoms with Gasteiger partial charge in [-0.05, 0) is 12.0 Å². The second-order valence-electron chi connectivity index (χ2n) is 3.45. The smallest absolute Gasteiger partial charge is 0.330 e. The van der Waals surface area contributed by atoms with E-state index in [2.05, 4.69) is 6.58 Å². The van der Waals surface area contributed by atoms with Crippen molar-refractivity contribution in [2.75, 3.05) is 13.2 Å². The van der Waals surface area contributed by atoms with Gasteiger partial charge in [0.05, 0.1) is 13.2 Å². The van der Waals surface area contributed by atoms with Crippen molar-refractivity contribution in [2.24, 2.45) is 0 Å². The van der Waals surface area contributed by atoms with Crippen LogP contribution in [0.3, 0.4) is 0 Å². The van der Waals surface area contributed by atoms with E-state index in [1.807, 2.05) is 30.3 Å². The highest BCUT2D eigenvalue weighted by Gasteiger charge is 2.10. The highest BCUT2D eigenvalue weighted by molar-refractivity contribution is 5.81. The number of benzene rings is 1. The first-order chi connectivity index (χ1) is 7.77. The molecule has 0 saturated heterocycles. The zero-order valence-corrected chi connectivity index (χ0v) is 9.13. The van der Waals surface area contributed by atoms with Gasteiger partial charge in [-0.15, -0.1) is 0 Å². The van der Waals surface area contributed by atoms with Crippen LogP contribution in [0.4, 0.5) is 0 Å². The van der Waals surface area contributed by atoms with Crippen molar-refractivity contribution in [3.63, 3.8) is 0 Å². The Hall–Kier alpha value is -1.61. The highest BCUT2D eigenvalue weighted by Crippen LogP contribution is 2.18. The van der Waals surface area contributed by atoms with Gasteiger partial charge in [0, 0.05) is 12.0 Å². The summed E-state index contributed by atoms with van der Waals surface area (Å²) < 4.78 is 4.88. The molecule has 0 aromatic heterocycles. The Labute approximate surface area is 95.4 Å². The summed E-state index contributed by atoms with van der Waals surface area (Å²) in [5.41, 5.74) is 1.06. The van der Waals surface area contributed by atoms with Crippen LogP contribution in [-0.2, 0) is 9.53 Å². The summed E-state index contributed by atoms with van der Waals surface area (Å²) in [7, 11) is 0. The lowest BCUT2D eigenvalue weighted by atomic mass is 9.97. The topological polar surface area (TPSA) is 46.5 Å². The molecule has 0 spiro atoms. The molecular formula is C13H16O3. The molecule has 16 heavy (non-hydrogen) atoms. The van der Waals surface area contributed by atoms with Crippen LogP contribution in [-0.4, -0.2) is 24.3 Å². The van der Waals surface area contributed by atoms with Crippen LogP contribution in [0.15, 0.2) is 43.0 Å². The number of carbonyl (C=O) groups excluding carboxylic acids is 1. The van der Waals surface area contributed by atoms with Gasteiger partial charge in [-0.2, -0.15) is 0 Å². The molecule has 3 heteroatoms. The summed E-state index contributed by atoms with van der Waals surface area (Å²) in [6.45, 7) is 3.66. The largest absolute Gasteiger partial charge is 0.463 e. The van der Waals surface area contributed by atoms with Crippen LogP contribution < -0.4 is 0 Å². The average Bonchev–Trinajstić information content (AvgIpc) is 2.35. The Morgan fingerprint density at radius 1 is 1.44 bits per heavy atom. The van der Waals surface area contributed by atoms with E-state index in [0.29, 0.717) is 13.0 Å². The van der Waals surface area contributed by atoms with Crippen molar-refractivity contribution >= 4 is 5.97 Å². The predicted octanol–water partition coefficient (Wildman–Crippen LogP) is 1.88. The number of hydrogen-bond donors (Lipinski definition) is 1. The lowest BCUT2D eigenvalue weighted by molar-refractivity contribution is -0.138. The van der Waals surface area contributed by atoms with Crippen molar-refractivity contribution in [1.29, 1.82) is 0 Å². The lowest BCUT2D eigenvalue weighted by Crippen LogP contribution is -2.10. The average molecular weight is 220 g/mol. The van der Waals surface area contributed by atoms with E-state index in [1.54, 1.807) is 0 Å². The number of rotatable bonds is 6. The molecule has 0 aliphatic carbocycles. The van der Waals surface area contributed by atoms with Crippen molar-refractivity contribution in [1.82, 2.24) is 0 Å². The van der Waals surface area contributed by atoms with Gasteiger partial charge >= 0.3 is 5.97 Å². The fraction of sp³-hybridized carbons (Fsp3) is 0.308. The predicted molar refractivity (Wildman–Crippen MR) is 62.0 cm³/mol. The third-order valence-corrected chi connectivity index (χ3v) is 2.37. The number of ether oxygens (including phenoxy) is 1. The maximum atomic E-state index is 10.8. The van der Waals surface area contributed by atoms with Gasteiger partial charge < -0.3 is 9.84 Å². The van der Waals surface area contributed by atoms with Crippen LogP contribution in [0.25, 0.3) is 0 Å². The maximum Gasteiger partial charge on any atom is 0.330 e. The second-order valence-corrected chi connectivity index (χ2v) is 3.45. The number of hydrogen-bond acceptors (Lipinski definition) is 3. The summed E-state index contributed by atoms with van der Waals surface area (Å²) in [6, 6.07) is 9.68. The van der Waals surface area contributed by atoms with Crippen LogP contribution in [0.5, 0.6) is 0 Å². The molecule has 0 bridgehead atoms. The van der Waals surface area contributed by atoms with Crippen molar-refractivity contribution in [3.05, 3.63) is 48.6 Å². The monoisotopic (exact) mass is 220 g/mol. The van der Waals surface area contributed by atoms with Gasteiger partial charge in [-0.3, -0.25) is 0 Å². The lowest BCUT2D eigenvalue weighted by Gasteiger charge is -2.14.